The van der Waals surface area contributed by atoms with E-state index in [2.05, 4.69) is 15.2 Å². The summed E-state index contributed by atoms with van der Waals surface area (Å²) in [5, 5.41) is 17.4. The molecule has 2 aromatic carbocycles. The Balaban J connectivity index is 1.74. The molecule has 28 heavy (non-hydrogen) atoms. The first-order valence-corrected chi connectivity index (χ1v) is 9.66. The molecule has 144 valence electrons. The fraction of sp³-hybridized carbons (Fsp3) is 0.105. The van der Waals surface area contributed by atoms with E-state index in [9.17, 15) is 9.90 Å². The van der Waals surface area contributed by atoms with Gasteiger partial charge in [0.15, 0.2) is 0 Å². The molecule has 0 aliphatic rings. The van der Waals surface area contributed by atoms with E-state index in [0.29, 0.717) is 38.9 Å². The zero-order chi connectivity index (χ0) is 20.1. The van der Waals surface area contributed by atoms with Crippen molar-refractivity contribution in [2.45, 2.75) is 18.7 Å². The lowest BCUT2D eigenvalue weighted by molar-refractivity contribution is -0.131. The molecule has 2 N–H and O–H groups in total. The van der Waals surface area contributed by atoms with E-state index in [4.69, 9.17) is 27.9 Å². The highest BCUT2D eigenvalue weighted by molar-refractivity contribution is 8.04. The van der Waals surface area contributed by atoms with Gasteiger partial charge in [-0.05, 0) is 60.2 Å². The fourth-order valence-corrected chi connectivity index (χ4v) is 3.32. The van der Waals surface area contributed by atoms with E-state index in [1.807, 2.05) is 6.07 Å². The SMILES string of the molecule is Cc1nc(S/C(=C\c2cccc(OCc3ccc(Cl)c(Cl)c3)c2)C(=O)O)n[nH]1. The summed E-state index contributed by atoms with van der Waals surface area (Å²) in [5.41, 5.74) is 1.56. The Morgan fingerprint density at radius 2 is 2.07 bits per heavy atom. The van der Waals surface area contributed by atoms with Crippen LogP contribution in [0.1, 0.15) is 17.0 Å². The van der Waals surface area contributed by atoms with E-state index < -0.39 is 5.97 Å². The van der Waals surface area contributed by atoms with Crippen molar-refractivity contribution in [1.82, 2.24) is 15.2 Å². The molecular formula is C19H15Cl2N3O3S. The van der Waals surface area contributed by atoms with Gasteiger partial charge in [0.2, 0.25) is 5.16 Å². The smallest absolute Gasteiger partial charge is 0.342 e. The van der Waals surface area contributed by atoms with E-state index in [0.717, 1.165) is 17.3 Å². The van der Waals surface area contributed by atoms with Crippen molar-refractivity contribution in [2.24, 2.45) is 0 Å². The number of hydrogen-bond donors (Lipinski definition) is 2. The van der Waals surface area contributed by atoms with Crippen LogP contribution in [0.2, 0.25) is 10.0 Å². The largest absolute Gasteiger partial charge is 0.489 e. The number of benzene rings is 2. The van der Waals surface area contributed by atoms with Crippen LogP contribution in [0.15, 0.2) is 52.5 Å². The van der Waals surface area contributed by atoms with Crippen LogP contribution in [0.3, 0.4) is 0 Å². The monoisotopic (exact) mass is 435 g/mol. The zero-order valence-electron chi connectivity index (χ0n) is 14.6. The lowest BCUT2D eigenvalue weighted by atomic mass is 10.2. The van der Waals surface area contributed by atoms with Crippen molar-refractivity contribution < 1.29 is 14.6 Å². The van der Waals surface area contributed by atoms with Gasteiger partial charge in [0.05, 0.1) is 10.0 Å². The Bertz CT molecular complexity index is 1040. The predicted octanol–water partition coefficient (Wildman–Crippen LogP) is 5.22. The first kappa shape index (κ1) is 20.3. The number of carboxylic acids is 1. The van der Waals surface area contributed by atoms with Crippen molar-refractivity contribution in [3.05, 3.63) is 74.4 Å². The minimum Gasteiger partial charge on any atom is -0.489 e. The molecule has 0 atom stereocenters. The van der Waals surface area contributed by atoms with Gasteiger partial charge in [0.1, 0.15) is 23.1 Å². The lowest BCUT2D eigenvalue weighted by Gasteiger charge is -2.08. The highest BCUT2D eigenvalue weighted by Gasteiger charge is 2.13. The van der Waals surface area contributed by atoms with E-state index in [1.54, 1.807) is 49.4 Å². The molecule has 0 fully saturated rings. The van der Waals surface area contributed by atoms with Crippen LogP contribution in [-0.2, 0) is 11.4 Å². The molecule has 0 bridgehead atoms. The van der Waals surface area contributed by atoms with Gasteiger partial charge in [-0.15, -0.1) is 5.10 Å². The molecule has 0 aliphatic carbocycles. The zero-order valence-corrected chi connectivity index (χ0v) is 17.0. The standard InChI is InChI=1S/C19H15Cl2N3O3S/c1-11-22-19(24-23-11)28-17(18(25)26)9-12-3-2-4-14(7-12)27-10-13-5-6-15(20)16(21)8-13/h2-9H,10H2,1H3,(H,25,26)(H,22,23,24)/b17-9-. The van der Waals surface area contributed by atoms with E-state index >= 15 is 0 Å². The Kier molecular flexibility index (Phi) is 6.61. The highest BCUT2D eigenvalue weighted by Crippen LogP contribution is 2.27. The molecule has 0 amide bonds. The average molecular weight is 436 g/mol. The van der Waals surface area contributed by atoms with Crippen molar-refractivity contribution in [1.29, 1.82) is 0 Å². The van der Waals surface area contributed by atoms with Gasteiger partial charge in [-0.1, -0.05) is 41.4 Å². The molecule has 1 aromatic heterocycles. The summed E-state index contributed by atoms with van der Waals surface area (Å²) in [7, 11) is 0. The van der Waals surface area contributed by atoms with Gasteiger partial charge in [-0.3, -0.25) is 5.10 Å². The summed E-state index contributed by atoms with van der Waals surface area (Å²) in [6, 6.07) is 12.4. The number of hydrogen-bond acceptors (Lipinski definition) is 5. The van der Waals surface area contributed by atoms with Crippen LogP contribution >= 0.6 is 35.0 Å². The molecular weight excluding hydrogens is 421 g/mol. The maximum Gasteiger partial charge on any atom is 0.342 e. The number of aromatic nitrogens is 3. The number of aromatic amines is 1. The average Bonchev–Trinajstić information content (AvgIpc) is 3.07. The molecule has 3 rings (SSSR count). The van der Waals surface area contributed by atoms with Gasteiger partial charge in [0.25, 0.3) is 0 Å². The second kappa shape index (κ2) is 9.14. The maximum absolute atomic E-state index is 11.6. The molecule has 0 saturated carbocycles. The first-order chi connectivity index (χ1) is 13.4. The quantitative estimate of drug-likeness (QED) is 0.390. The van der Waals surface area contributed by atoms with Crippen molar-refractivity contribution >= 4 is 47.0 Å². The van der Waals surface area contributed by atoms with Gasteiger partial charge in [0, 0.05) is 0 Å². The highest BCUT2D eigenvalue weighted by atomic mass is 35.5. The summed E-state index contributed by atoms with van der Waals surface area (Å²) in [6.07, 6.45) is 1.55. The third kappa shape index (κ3) is 5.51. The molecule has 9 heteroatoms. The molecule has 0 spiro atoms. The summed E-state index contributed by atoms with van der Waals surface area (Å²) in [4.78, 5) is 15.8. The number of nitrogens with one attached hydrogen (secondary N) is 1. The molecule has 6 nitrogen and oxygen atoms in total. The number of aliphatic carboxylic acids is 1. The van der Waals surface area contributed by atoms with Crippen molar-refractivity contribution in [2.75, 3.05) is 0 Å². The number of thioether (sulfide) groups is 1. The maximum atomic E-state index is 11.6. The van der Waals surface area contributed by atoms with Crippen LogP contribution in [0.4, 0.5) is 0 Å². The topological polar surface area (TPSA) is 88.1 Å². The van der Waals surface area contributed by atoms with Crippen LogP contribution in [0.5, 0.6) is 5.75 Å². The second-order valence-corrected chi connectivity index (χ2v) is 7.55. The number of nitrogens with zero attached hydrogens (tertiary/aromatic N) is 2. The number of rotatable bonds is 7. The molecule has 0 unspecified atom stereocenters. The number of ether oxygens (including phenoxy) is 1. The van der Waals surface area contributed by atoms with Crippen LogP contribution < -0.4 is 4.74 Å². The summed E-state index contributed by atoms with van der Waals surface area (Å²) in [5.74, 6) is 0.155. The second-order valence-electron chi connectivity index (χ2n) is 5.73. The Labute approximate surface area is 175 Å². The van der Waals surface area contributed by atoms with Gasteiger partial charge >= 0.3 is 5.97 Å². The third-order valence-electron chi connectivity index (χ3n) is 3.53. The minimum atomic E-state index is -1.06. The number of H-pyrrole nitrogens is 1. The number of aryl methyl sites for hydroxylation is 1. The minimum absolute atomic E-state index is 0.0978. The lowest BCUT2D eigenvalue weighted by Crippen LogP contribution is -1.98. The van der Waals surface area contributed by atoms with Gasteiger partial charge in [-0.2, -0.15) is 0 Å². The van der Waals surface area contributed by atoms with Gasteiger partial charge in [-0.25, -0.2) is 9.78 Å². The van der Waals surface area contributed by atoms with Crippen LogP contribution in [0.25, 0.3) is 6.08 Å². The molecule has 0 aliphatic heterocycles. The normalized spacial score (nSPS) is 11.5. The Hall–Kier alpha value is -2.48. The molecule has 0 radical (unpaired) electrons. The van der Waals surface area contributed by atoms with Gasteiger partial charge < -0.3 is 9.84 Å². The summed E-state index contributed by atoms with van der Waals surface area (Å²) in [6.45, 7) is 2.05. The van der Waals surface area contributed by atoms with E-state index in [1.165, 1.54) is 0 Å². The van der Waals surface area contributed by atoms with Crippen molar-refractivity contribution in [3.8, 4) is 5.75 Å². The van der Waals surface area contributed by atoms with Crippen LogP contribution in [0, 0.1) is 6.92 Å². The van der Waals surface area contributed by atoms with E-state index in [-0.39, 0.29) is 4.91 Å². The number of halogens is 2. The molecule has 1 heterocycles. The summed E-state index contributed by atoms with van der Waals surface area (Å²) >= 11 is 12.9. The van der Waals surface area contributed by atoms with Crippen LogP contribution in [-0.4, -0.2) is 26.3 Å². The Morgan fingerprint density at radius 1 is 1.25 bits per heavy atom. The predicted molar refractivity (Wildman–Crippen MR) is 110 cm³/mol. The molecule has 0 saturated heterocycles. The third-order valence-corrected chi connectivity index (χ3v) is 5.15. The van der Waals surface area contributed by atoms with Crippen molar-refractivity contribution in [3.63, 3.8) is 0 Å². The fourth-order valence-electron chi connectivity index (χ4n) is 2.24. The number of carbonyl (C=O) groups is 1. The number of carboxylic acid groups (broad SMARTS) is 1. The first-order valence-electron chi connectivity index (χ1n) is 8.09. The summed E-state index contributed by atoms with van der Waals surface area (Å²) < 4.78 is 5.78. The molecule has 3 aromatic rings. The Morgan fingerprint density at radius 3 is 2.75 bits per heavy atom.